The zero-order valence-electron chi connectivity index (χ0n) is 16.1. The third-order valence-corrected chi connectivity index (χ3v) is 4.71. The Morgan fingerprint density at radius 3 is 2.64 bits per heavy atom. The van der Waals surface area contributed by atoms with E-state index < -0.39 is 11.9 Å². The van der Waals surface area contributed by atoms with Gasteiger partial charge in [-0.15, -0.1) is 0 Å². The molecule has 9 heteroatoms. The molecule has 1 amide bonds. The summed E-state index contributed by atoms with van der Waals surface area (Å²) in [4.78, 5) is 37.3. The molecular formula is C19H23NO7S. The fourth-order valence-electron chi connectivity index (χ4n) is 2.44. The van der Waals surface area contributed by atoms with E-state index in [0.29, 0.717) is 28.7 Å². The van der Waals surface area contributed by atoms with Gasteiger partial charge in [-0.2, -0.15) is 0 Å². The number of ether oxygens (including phenoxy) is 4. The monoisotopic (exact) mass is 409 g/mol. The van der Waals surface area contributed by atoms with E-state index in [-0.39, 0.29) is 31.4 Å². The van der Waals surface area contributed by atoms with Crippen LogP contribution in [-0.2, 0) is 19.1 Å². The number of benzene rings is 1. The first kappa shape index (κ1) is 21.6. The van der Waals surface area contributed by atoms with Crippen molar-refractivity contribution in [2.24, 2.45) is 0 Å². The van der Waals surface area contributed by atoms with Crippen molar-refractivity contribution in [1.82, 2.24) is 4.90 Å². The van der Waals surface area contributed by atoms with Gasteiger partial charge in [0.15, 0.2) is 11.5 Å². The van der Waals surface area contributed by atoms with E-state index in [1.807, 2.05) is 6.92 Å². The van der Waals surface area contributed by atoms with Gasteiger partial charge in [0.25, 0.3) is 0 Å². The number of carbonyl (C=O) groups excluding carboxylic acids is 3. The number of hydrogen-bond donors (Lipinski definition) is 0. The van der Waals surface area contributed by atoms with Gasteiger partial charge in [-0.1, -0.05) is 11.8 Å². The van der Waals surface area contributed by atoms with E-state index in [4.69, 9.17) is 18.9 Å². The Morgan fingerprint density at radius 1 is 1.18 bits per heavy atom. The highest BCUT2D eigenvalue weighted by Crippen LogP contribution is 2.29. The Bertz CT molecular complexity index is 763. The molecule has 0 bridgehead atoms. The van der Waals surface area contributed by atoms with Crippen LogP contribution in [0, 0.1) is 0 Å². The average molecular weight is 409 g/mol. The molecule has 0 aliphatic carbocycles. The molecule has 28 heavy (non-hydrogen) atoms. The van der Waals surface area contributed by atoms with Gasteiger partial charge in [-0.3, -0.25) is 4.79 Å². The van der Waals surface area contributed by atoms with Crippen molar-refractivity contribution in [3.63, 3.8) is 0 Å². The SMILES string of the molecule is CCOC(=O)/C=C1\SCC(=O)N1CCOC(=O)c1ccc(OC)c(OCC)c1. The molecule has 1 aromatic rings. The first-order valence-electron chi connectivity index (χ1n) is 8.79. The minimum absolute atomic E-state index is 0.0126. The number of rotatable bonds is 9. The first-order chi connectivity index (χ1) is 13.5. The Balaban J connectivity index is 1.96. The summed E-state index contributed by atoms with van der Waals surface area (Å²) in [6.45, 7) is 4.36. The van der Waals surface area contributed by atoms with Crippen LogP contribution in [0.5, 0.6) is 11.5 Å². The maximum absolute atomic E-state index is 12.3. The van der Waals surface area contributed by atoms with Crippen LogP contribution in [0.2, 0.25) is 0 Å². The van der Waals surface area contributed by atoms with Gasteiger partial charge < -0.3 is 23.8 Å². The molecule has 1 aliphatic rings. The highest BCUT2D eigenvalue weighted by Gasteiger charge is 2.27. The standard InChI is InChI=1S/C19H23NO7S/c1-4-25-15-10-13(6-7-14(15)24-3)19(23)27-9-8-20-16(21)12-28-17(20)11-18(22)26-5-2/h6-7,10-11H,4-5,8-9,12H2,1-3H3/b17-11-. The molecule has 0 unspecified atom stereocenters. The molecule has 0 radical (unpaired) electrons. The number of methoxy groups -OCH3 is 1. The van der Waals surface area contributed by atoms with E-state index in [1.165, 1.54) is 29.8 Å². The molecule has 1 saturated heterocycles. The molecule has 1 aromatic carbocycles. The summed E-state index contributed by atoms with van der Waals surface area (Å²) in [5, 5.41) is 0.488. The summed E-state index contributed by atoms with van der Waals surface area (Å²) in [7, 11) is 1.52. The molecule has 0 aromatic heterocycles. The van der Waals surface area contributed by atoms with Crippen LogP contribution in [0.25, 0.3) is 0 Å². The fourth-order valence-corrected chi connectivity index (χ4v) is 3.39. The number of amides is 1. The summed E-state index contributed by atoms with van der Waals surface area (Å²) in [5.41, 5.74) is 0.314. The summed E-state index contributed by atoms with van der Waals surface area (Å²) >= 11 is 1.25. The molecule has 0 saturated carbocycles. The van der Waals surface area contributed by atoms with Crippen LogP contribution in [0.3, 0.4) is 0 Å². The van der Waals surface area contributed by atoms with Crippen molar-refractivity contribution in [1.29, 1.82) is 0 Å². The second-order valence-electron chi connectivity index (χ2n) is 5.50. The van der Waals surface area contributed by atoms with Crippen LogP contribution in [0.1, 0.15) is 24.2 Å². The molecule has 8 nitrogen and oxygen atoms in total. The van der Waals surface area contributed by atoms with Crippen LogP contribution in [0.4, 0.5) is 0 Å². The van der Waals surface area contributed by atoms with E-state index in [2.05, 4.69) is 0 Å². The van der Waals surface area contributed by atoms with E-state index in [1.54, 1.807) is 25.1 Å². The lowest BCUT2D eigenvalue weighted by Gasteiger charge is -2.17. The predicted octanol–water partition coefficient (Wildman–Crippen LogP) is 2.23. The zero-order chi connectivity index (χ0) is 20.5. The molecule has 152 valence electrons. The summed E-state index contributed by atoms with van der Waals surface area (Å²) < 4.78 is 20.8. The molecule has 1 heterocycles. The number of esters is 2. The second kappa shape index (κ2) is 10.6. The van der Waals surface area contributed by atoms with Gasteiger partial charge in [-0.05, 0) is 32.0 Å². The van der Waals surface area contributed by atoms with E-state index >= 15 is 0 Å². The van der Waals surface area contributed by atoms with Crippen molar-refractivity contribution >= 4 is 29.6 Å². The van der Waals surface area contributed by atoms with Gasteiger partial charge in [0.05, 0.1) is 49.3 Å². The van der Waals surface area contributed by atoms with Gasteiger partial charge in [0.1, 0.15) is 6.61 Å². The molecule has 1 fully saturated rings. The minimum atomic E-state index is -0.543. The first-order valence-corrected chi connectivity index (χ1v) is 9.78. The molecule has 0 N–H and O–H groups in total. The highest BCUT2D eigenvalue weighted by atomic mass is 32.2. The number of hydrogen-bond acceptors (Lipinski definition) is 8. The van der Waals surface area contributed by atoms with Crippen molar-refractivity contribution in [3.05, 3.63) is 34.9 Å². The number of carbonyl (C=O) groups is 3. The minimum Gasteiger partial charge on any atom is -0.493 e. The van der Waals surface area contributed by atoms with Crippen molar-refractivity contribution < 1.29 is 33.3 Å². The van der Waals surface area contributed by atoms with Crippen LogP contribution in [0.15, 0.2) is 29.3 Å². The van der Waals surface area contributed by atoms with Crippen LogP contribution >= 0.6 is 11.8 Å². The van der Waals surface area contributed by atoms with Crippen molar-refractivity contribution in [2.75, 3.05) is 39.2 Å². The Hall–Kier alpha value is -2.68. The highest BCUT2D eigenvalue weighted by molar-refractivity contribution is 8.04. The normalized spacial score (nSPS) is 14.9. The van der Waals surface area contributed by atoms with E-state index in [9.17, 15) is 14.4 Å². The lowest BCUT2D eigenvalue weighted by Crippen LogP contribution is -2.29. The summed E-state index contributed by atoms with van der Waals surface area (Å²) in [6.07, 6.45) is 1.28. The van der Waals surface area contributed by atoms with Crippen LogP contribution < -0.4 is 9.47 Å². The molecule has 2 rings (SSSR count). The maximum atomic E-state index is 12.3. The second-order valence-corrected chi connectivity index (χ2v) is 6.50. The third kappa shape index (κ3) is 5.66. The lowest BCUT2D eigenvalue weighted by molar-refractivity contribution is -0.137. The third-order valence-electron chi connectivity index (χ3n) is 3.69. The molecule has 0 atom stereocenters. The van der Waals surface area contributed by atoms with Crippen molar-refractivity contribution in [2.45, 2.75) is 13.8 Å². The van der Waals surface area contributed by atoms with E-state index in [0.717, 1.165) is 0 Å². The summed E-state index contributed by atoms with van der Waals surface area (Å²) in [5.74, 6) is -0.00556. The molecule has 0 spiro atoms. The topological polar surface area (TPSA) is 91.4 Å². The molecular weight excluding hydrogens is 386 g/mol. The average Bonchev–Trinajstić information content (AvgIpc) is 3.01. The molecule has 1 aliphatic heterocycles. The maximum Gasteiger partial charge on any atom is 0.338 e. The summed E-state index contributed by atoms with van der Waals surface area (Å²) in [6, 6.07) is 4.75. The number of thioether (sulfide) groups is 1. The lowest BCUT2D eigenvalue weighted by atomic mass is 10.2. The largest absolute Gasteiger partial charge is 0.493 e. The van der Waals surface area contributed by atoms with Gasteiger partial charge >= 0.3 is 11.9 Å². The zero-order valence-corrected chi connectivity index (χ0v) is 16.9. The smallest absolute Gasteiger partial charge is 0.338 e. The predicted molar refractivity (Wildman–Crippen MR) is 103 cm³/mol. The van der Waals surface area contributed by atoms with Gasteiger partial charge in [0, 0.05) is 0 Å². The number of nitrogens with zero attached hydrogens (tertiary/aromatic N) is 1. The Labute approximate surface area is 167 Å². The van der Waals surface area contributed by atoms with Crippen LogP contribution in [-0.4, -0.2) is 62.0 Å². The quantitative estimate of drug-likeness (QED) is 0.453. The van der Waals surface area contributed by atoms with Gasteiger partial charge in [-0.25, -0.2) is 9.59 Å². The Morgan fingerprint density at radius 2 is 1.96 bits per heavy atom. The Kier molecular flexibility index (Phi) is 8.19. The fraction of sp³-hybridized carbons (Fsp3) is 0.421. The van der Waals surface area contributed by atoms with Gasteiger partial charge in [0.2, 0.25) is 5.91 Å². The van der Waals surface area contributed by atoms with Crippen molar-refractivity contribution in [3.8, 4) is 11.5 Å².